The zero-order valence-corrected chi connectivity index (χ0v) is 12.6. The molecule has 0 saturated heterocycles. The summed E-state index contributed by atoms with van der Waals surface area (Å²) < 4.78 is 14.9. The third-order valence-corrected chi connectivity index (χ3v) is 3.03. The van der Waals surface area contributed by atoms with Gasteiger partial charge in [-0.15, -0.1) is 0 Å². The number of carbonyl (C=O) groups excluding carboxylic acids is 1. The number of hydrogen-bond acceptors (Lipinski definition) is 6. The predicted octanol–water partition coefficient (Wildman–Crippen LogP) is 1.42. The third kappa shape index (κ3) is 4.68. The van der Waals surface area contributed by atoms with E-state index >= 15 is 0 Å². The molecule has 0 heterocycles. The number of methoxy groups -OCH3 is 3. The van der Waals surface area contributed by atoms with Crippen LogP contribution in [0.15, 0.2) is 24.8 Å². The van der Waals surface area contributed by atoms with Crippen LogP contribution in [0.1, 0.15) is 12.0 Å². The number of anilines is 1. The molecular formula is C15H22N2O4. The van der Waals surface area contributed by atoms with E-state index in [0.29, 0.717) is 30.2 Å². The van der Waals surface area contributed by atoms with Crippen molar-refractivity contribution >= 4 is 17.4 Å². The van der Waals surface area contributed by atoms with Crippen LogP contribution in [0.25, 0.3) is 5.70 Å². The first-order valence-corrected chi connectivity index (χ1v) is 6.49. The molecule has 0 aliphatic carbocycles. The van der Waals surface area contributed by atoms with E-state index in [2.05, 4.69) is 11.9 Å². The van der Waals surface area contributed by atoms with Gasteiger partial charge < -0.3 is 25.3 Å². The van der Waals surface area contributed by atoms with Crippen molar-refractivity contribution in [2.24, 2.45) is 0 Å². The van der Waals surface area contributed by atoms with Crippen LogP contribution in [0, 0.1) is 0 Å². The van der Waals surface area contributed by atoms with Crippen LogP contribution in [0.2, 0.25) is 0 Å². The van der Waals surface area contributed by atoms with Gasteiger partial charge in [-0.05, 0) is 12.1 Å². The molecule has 1 aromatic carbocycles. The molecule has 116 valence electrons. The summed E-state index contributed by atoms with van der Waals surface area (Å²) in [6, 6.07) is 4.77. The van der Waals surface area contributed by atoms with Crippen molar-refractivity contribution in [2.45, 2.75) is 12.5 Å². The fraction of sp³-hybridized carbons (Fsp3) is 0.400. The molecule has 0 unspecified atom stereocenters. The summed E-state index contributed by atoms with van der Waals surface area (Å²) in [5, 5.41) is 3.04. The number of nitrogen functional groups attached to an aromatic ring is 1. The van der Waals surface area contributed by atoms with E-state index in [1.807, 2.05) is 0 Å². The summed E-state index contributed by atoms with van der Waals surface area (Å²) >= 11 is 0. The average Bonchev–Trinajstić information content (AvgIpc) is 2.50. The molecule has 0 fully saturated rings. The molecule has 0 aliphatic heterocycles. The Morgan fingerprint density at radius 3 is 2.67 bits per heavy atom. The molecule has 6 heteroatoms. The van der Waals surface area contributed by atoms with Crippen molar-refractivity contribution in [3.05, 3.63) is 30.3 Å². The van der Waals surface area contributed by atoms with Crippen LogP contribution in [-0.4, -0.2) is 39.9 Å². The molecule has 0 radical (unpaired) electrons. The van der Waals surface area contributed by atoms with Gasteiger partial charge in [0.1, 0.15) is 11.8 Å². The van der Waals surface area contributed by atoms with Crippen molar-refractivity contribution in [2.75, 3.05) is 33.7 Å². The van der Waals surface area contributed by atoms with Gasteiger partial charge in [-0.3, -0.25) is 0 Å². The van der Waals surface area contributed by atoms with Gasteiger partial charge in [0.05, 0.1) is 19.9 Å². The van der Waals surface area contributed by atoms with Crippen LogP contribution in [0.4, 0.5) is 5.69 Å². The average molecular weight is 294 g/mol. The lowest BCUT2D eigenvalue weighted by Crippen LogP contribution is -2.37. The minimum atomic E-state index is -0.522. The quantitative estimate of drug-likeness (QED) is 0.557. The maximum absolute atomic E-state index is 11.7. The second-order valence-electron chi connectivity index (χ2n) is 4.44. The van der Waals surface area contributed by atoms with Crippen molar-refractivity contribution in [1.82, 2.24) is 5.32 Å². The topological polar surface area (TPSA) is 82.8 Å². The van der Waals surface area contributed by atoms with Crippen LogP contribution >= 0.6 is 0 Å². The number of nitrogens with one attached hydrogen (secondary N) is 1. The highest BCUT2D eigenvalue weighted by Crippen LogP contribution is 2.25. The molecule has 0 spiro atoms. The number of hydrogen-bond donors (Lipinski definition) is 2. The van der Waals surface area contributed by atoms with E-state index < -0.39 is 6.04 Å². The Labute approximate surface area is 124 Å². The Balaban J connectivity index is 2.83. The number of nitrogens with two attached hydrogens (primary N) is 1. The van der Waals surface area contributed by atoms with Crippen LogP contribution < -0.4 is 15.8 Å². The summed E-state index contributed by atoms with van der Waals surface area (Å²) in [7, 11) is 4.47. The first-order valence-electron chi connectivity index (χ1n) is 6.49. The highest BCUT2D eigenvalue weighted by molar-refractivity contribution is 5.79. The Bertz CT molecular complexity index is 502. The standard InChI is InChI=1S/C15H22N2O4/c1-10(11-5-6-12(16)14(9-11)20-3)17-13(7-8-19-2)15(18)21-4/h5-6,9,13,17H,1,7-8,16H2,2-4H3/t13-/m0/s1. The highest BCUT2D eigenvalue weighted by atomic mass is 16.5. The molecule has 6 nitrogen and oxygen atoms in total. The largest absolute Gasteiger partial charge is 0.495 e. The molecule has 1 atom stereocenters. The zero-order valence-electron chi connectivity index (χ0n) is 12.6. The van der Waals surface area contributed by atoms with Gasteiger partial charge in [-0.25, -0.2) is 4.79 Å². The van der Waals surface area contributed by atoms with Gasteiger partial charge in [0, 0.05) is 31.4 Å². The second kappa shape index (κ2) is 8.16. The minimum absolute atomic E-state index is 0.365. The molecule has 0 amide bonds. The molecule has 1 aromatic rings. The predicted molar refractivity (Wildman–Crippen MR) is 81.9 cm³/mol. The summed E-state index contributed by atoms with van der Waals surface area (Å²) in [5.41, 5.74) is 7.68. The number of ether oxygens (including phenoxy) is 3. The van der Waals surface area contributed by atoms with E-state index in [9.17, 15) is 4.79 Å². The monoisotopic (exact) mass is 294 g/mol. The first kappa shape index (κ1) is 16.8. The van der Waals surface area contributed by atoms with Gasteiger partial charge in [-0.1, -0.05) is 12.6 Å². The smallest absolute Gasteiger partial charge is 0.328 e. The molecule has 0 bridgehead atoms. The normalized spacial score (nSPS) is 11.6. The second-order valence-corrected chi connectivity index (χ2v) is 4.44. The van der Waals surface area contributed by atoms with Gasteiger partial charge in [0.25, 0.3) is 0 Å². The summed E-state index contributed by atoms with van der Waals surface area (Å²) in [4.78, 5) is 11.7. The molecular weight excluding hydrogens is 272 g/mol. The number of benzene rings is 1. The summed E-state index contributed by atoms with van der Waals surface area (Å²) in [6.45, 7) is 4.37. The van der Waals surface area contributed by atoms with E-state index in [4.69, 9.17) is 19.9 Å². The fourth-order valence-corrected chi connectivity index (χ4v) is 1.82. The Morgan fingerprint density at radius 2 is 2.10 bits per heavy atom. The van der Waals surface area contributed by atoms with Gasteiger partial charge >= 0.3 is 5.97 Å². The fourth-order valence-electron chi connectivity index (χ4n) is 1.82. The molecule has 1 rings (SSSR count). The number of rotatable bonds is 8. The summed E-state index contributed by atoms with van der Waals surface area (Å²) in [6.07, 6.45) is 0.480. The molecule has 21 heavy (non-hydrogen) atoms. The highest BCUT2D eigenvalue weighted by Gasteiger charge is 2.19. The van der Waals surface area contributed by atoms with Crippen molar-refractivity contribution < 1.29 is 19.0 Å². The Morgan fingerprint density at radius 1 is 1.38 bits per heavy atom. The lowest BCUT2D eigenvalue weighted by molar-refractivity contribution is -0.143. The number of carbonyl (C=O) groups is 1. The van der Waals surface area contributed by atoms with Crippen LogP contribution in [0.5, 0.6) is 5.75 Å². The first-order chi connectivity index (χ1) is 10.0. The third-order valence-electron chi connectivity index (χ3n) is 3.03. The van der Waals surface area contributed by atoms with E-state index in [-0.39, 0.29) is 5.97 Å². The minimum Gasteiger partial charge on any atom is -0.495 e. The van der Waals surface area contributed by atoms with E-state index in [1.54, 1.807) is 32.4 Å². The van der Waals surface area contributed by atoms with E-state index in [0.717, 1.165) is 5.56 Å². The Kier molecular flexibility index (Phi) is 6.55. The maximum Gasteiger partial charge on any atom is 0.328 e. The lowest BCUT2D eigenvalue weighted by atomic mass is 10.1. The molecule has 0 saturated carbocycles. The SMILES string of the molecule is C=C(N[C@@H](CCOC)C(=O)OC)c1ccc(N)c(OC)c1. The summed E-state index contributed by atoms with van der Waals surface area (Å²) in [5.74, 6) is 0.192. The lowest BCUT2D eigenvalue weighted by Gasteiger charge is -2.19. The van der Waals surface area contributed by atoms with Gasteiger partial charge in [0.15, 0.2) is 0 Å². The molecule has 3 N–H and O–H groups in total. The van der Waals surface area contributed by atoms with Crippen molar-refractivity contribution in [1.29, 1.82) is 0 Å². The molecule has 0 aliphatic rings. The maximum atomic E-state index is 11.7. The van der Waals surface area contributed by atoms with Crippen LogP contribution in [-0.2, 0) is 14.3 Å². The van der Waals surface area contributed by atoms with Crippen molar-refractivity contribution in [3.8, 4) is 5.75 Å². The van der Waals surface area contributed by atoms with Gasteiger partial charge in [-0.2, -0.15) is 0 Å². The van der Waals surface area contributed by atoms with Gasteiger partial charge in [0.2, 0.25) is 0 Å². The molecule has 0 aromatic heterocycles. The van der Waals surface area contributed by atoms with Crippen molar-refractivity contribution in [3.63, 3.8) is 0 Å². The zero-order chi connectivity index (χ0) is 15.8. The van der Waals surface area contributed by atoms with E-state index in [1.165, 1.54) is 7.11 Å². The number of esters is 1. The van der Waals surface area contributed by atoms with Crippen LogP contribution in [0.3, 0.4) is 0 Å². The Hall–Kier alpha value is -2.21.